The molecule has 2 rings (SSSR count). The number of nitrogens with zero attached hydrogens (tertiary/aromatic N) is 4. The van der Waals surface area contributed by atoms with E-state index in [9.17, 15) is 5.11 Å². The summed E-state index contributed by atoms with van der Waals surface area (Å²) in [6.07, 6.45) is 4.77. The van der Waals surface area contributed by atoms with Gasteiger partial charge in [-0.05, 0) is 37.8 Å². The SMILES string of the molecule is CCC(C)C(=C\C=N/C)/C(=N/C)c1nc(N2CCOC[C@H]2C)cc(O)c1C. The quantitative estimate of drug-likeness (QED) is 0.777. The van der Waals surface area contributed by atoms with Gasteiger partial charge in [-0.3, -0.25) is 9.98 Å². The van der Waals surface area contributed by atoms with Crippen LogP contribution >= 0.6 is 0 Å². The first kappa shape index (κ1) is 21.1. The second kappa shape index (κ2) is 9.65. The maximum absolute atomic E-state index is 10.6. The van der Waals surface area contributed by atoms with Gasteiger partial charge >= 0.3 is 0 Å². The Kier molecular flexibility index (Phi) is 7.54. The van der Waals surface area contributed by atoms with Crippen molar-refractivity contribution in [1.29, 1.82) is 0 Å². The minimum Gasteiger partial charge on any atom is -0.507 e. The van der Waals surface area contributed by atoms with Crippen LogP contribution < -0.4 is 4.90 Å². The molecular formula is C21H32N4O2. The number of aromatic nitrogens is 1. The highest BCUT2D eigenvalue weighted by Crippen LogP contribution is 2.30. The Bertz CT molecular complexity index is 740. The number of pyridine rings is 1. The summed E-state index contributed by atoms with van der Waals surface area (Å²) in [4.78, 5) is 15.8. The van der Waals surface area contributed by atoms with E-state index in [2.05, 4.69) is 35.7 Å². The van der Waals surface area contributed by atoms with Crippen LogP contribution in [-0.4, -0.2) is 61.9 Å². The maximum atomic E-state index is 10.6. The fraction of sp³-hybridized carbons (Fsp3) is 0.571. The zero-order valence-electron chi connectivity index (χ0n) is 17.4. The normalized spacial score (nSPS) is 20.4. The Hall–Kier alpha value is -2.21. The van der Waals surface area contributed by atoms with E-state index in [0.29, 0.717) is 19.1 Å². The first-order valence-electron chi connectivity index (χ1n) is 9.59. The monoisotopic (exact) mass is 372 g/mol. The molecule has 1 aliphatic heterocycles. The lowest BCUT2D eigenvalue weighted by atomic mass is 9.90. The van der Waals surface area contributed by atoms with Crippen LogP contribution in [0, 0.1) is 12.8 Å². The largest absolute Gasteiger partial charge is 0.507 e. The Morgan fingerprint density at radius 3 is 2.81 bits per heavy atom. The third kappa shape index (κ3) is 4.75. The van der Waals surface area contributed by atoms with E-state index in [1.807, 2.05) is 13.0 Å². The van der Waals surface area contributed by atoms with Crippen LogP contribution in [0.1, 0.15) is 38.4 Å². The minimum atomic E-state index is 0.208. The van der Waals surface area contributed by atoms with Crippen LogP contribution in [0.3, 0.4) is 0 Å². The molecule has 0 amide bonds. The van der Waals surface area contributed by atoms with E-state index in [4.69, 9.17) is 9.72 Å². The zero-order valence-corrected chi connectivity index (χ0v) is 17.4. The molecule has 0 aliphatic carbocycles. The molecular weight excluding hydrogens is 340 g/mol. The first-order chi connectivity index (χ1) is 12.9. The van der Waals surface area contributed by atoms with E-state index in [1.54, 1.807) is 26.4 Å². The van der Waals surface area contributed by atoms with Crippen molar-refractivity contribution in [2.75, 3.05) is 38.8 Å². The summed E-state index contributed by atoms with van der Waals surface area (Å²) < 4.78 is 5.54. The molecule has 1 aromatic rings. The van der Waals surface area contributed by atoms with E-state index in [1.165, 1.54) is 0 Å². The molecule has 0 spiro atoms. The number of rotatable bonds is 6. The summed E-state index contributed by atoms with van der Waals surface area (Å²) in [6.45, 7) is 10.4. The molecule has 1 aliphatic rings. The molecule has 0 radical (unpaired) electrons. The number of anilines is 1. The number of aromatic hydroxyl groups is 1. The van der Waals surface area contributed by atoms with Gasteiger partial charge in [0.15, 0.2) is 0 Å². The Labute approximate surface area is 162 Å². The first-order valence-corrected chi connectivity index (χ1v) is 9.59. The fourth-order valence-electron chi connectivity index (χ4n) is 3.25. The second-order valence-corrected chi connectivity index (χ2v) is 7.00. The molecule has 2 heterocycles. The van der Waals surface area contributed by atoms with Gasteiger partial charge in [-0.15, -0.1) is 0 Å². The Morgan fingerprint density at radius 2 is 2.22 bits per heavy atom. The van der Waals surface area contributed by atoms with E-state index in [-0.39, 0.29) is 11.8 Å². The molecule has 0 bridgehead atoms. The third-order valence-corrected chi connectivity index (χ3v) is 5.16. The van der Waals surface area contributed by atoms with Gasteiger partial charge in [-0.25, -0.2) is 4.98 Å². The molecule has 1 N–H and O–H groups in total. The number of ether oxygens (including phenoxy) is 1. The topological polar surface area (TPSA) is 70.3 Å². The minimum absolute atomic E-state index is 0.208. The van der Waals surface area contributed by atoms with E-state index in [0.717, 1.165) is 41.3 Å². The summed E-state index contributed by atoms with van der Waals surface area (Å²) in [5, 5.41) is 10.6. The highest BCUT2D eigenvalue weighted by molar-refractivity contribution is 6.14. The molecule has 2 atom stereocenters. The Morgan fingerprint density at radius 1 is 1.48 bits per heavy atom. The van der Waals surface area contributed by atoms with Crippen LogP contribution in [0.5, 0.6) is 5.75 Å². The number of aliphatic imine (C=N–C) groups is 2. The van der Waals surface area contributed by atoms with Crippen molar-refractivity contribution < 1.29 is 9.84 Å². The van der Waals surface area contributed by atoms with Gasteiger partial charge in [0.2, 0.25) is 0 Å². The average Bonchev–Trinajstić information content (AvgIpc) is 2.67. The smallest absolute Gasteiger partial charge is 0.133 e. The van der Waals surface area contributed by atoms with Crippen LogP contribution in [0.2, 0.25) is 0 Å². The van der Waals surface area contributed by atoms with E-state index >= 15 is 0 Å². The van der Waals surface area contributed by atoms with Crippen molar-refractivity contribution in [3.63, 3.8) is 0 Å². The molecule has 6 heteroatoms. The number of hydrogen-bond acceptors (Lipinski definition) is 6. The summed E-state index contributed by atoms with van der Waals surface area (Å²) in [5.41, 5.74) is 3.35. The van der Waals surface area contributed by atoms with Gasteiger partial charge in [0.05, 0.1) is 30.7 Å². The van der Waals surface area contributed by atoms with Crippen LogP contribution in [0.15, 0.2) is 27.7 Å². The Balaban J connectivity index is 2.57. The molecule has 0 saturated carbocycles. The van der Waals surface area contributed by atoms with Crippen molar-refractivity contribution in [3.8, 4) is 5.75 Å². The summed E-state index contributed by atoms with van der Waals surface area (Å²) in [5.74, 6) is 1.30. The average molecular weight is 373 g/mol. The van der Waals surface area contributed by atoms with Gasteiger partial charge in [0, 0.05) is 38.5 Å². The van der Waals surface area contributed by atoms with Gasteiger partial charge in [-0.2, -0.15) is 0 Å². The number of hydrogen-bond donors (Lipinski definition) is 1. The molecule has 1 fully saturated rings. The predicted octanol–water partition coefficient (Wildman–Crippen LogP) is 3.41. The van der Waals surface area contributed by atoms with Crippen molar-refractivity contribution in [1.82, 2.24) is 4.98 Å². The predicted molar refractivity (Wildman–Crippen MR) is 113 cm³/mol. The van der Waals surface area contributed by atoms with Crippen LogP contribution in [0.25, 0.3) is 0 Å². The third-order valence-electron chi connectivity index (χ3n) is 5.16. The lowest BCUT2D eigenvalue weighted by Crippen LogP contribution is -2.44. The lowest BCUT2D eigenvalue weighted by Gasteiger charge is -2.34. The fourth-order valence-corrected chi connectivity index (χ4v) is 3.25. The highest BCUT2D eigenvalue weighted by atomic mass is 16.5. The second-order valence-electron chi connectivity index (χ2n) is 7.00. The van der Waals surface area contributed by atoms with Crippen molar-refractivity contribution in [2.45, 2.75) is 40.2 Å². The summed E-state index contributed by atoms with van der Waals surface area (Å²) >= 11 is 0. The van der Waals surface area contributed by atoms with Gasteiger partial charge in [0.25, 0.3) is 0 Å². The summed E-state index contributed by atoms with van der Waals surface area (Å²) in [6, 6.07) is 1.95. The molecule has 0 aromatic carbocycles. The molecule has 27 heavy (non-hydrogen) atoms. The molecule has 1 saturated heterocycles. The van der Waals surface area contributed by atoms with Crippen molar-refractivity contribution >= 4 is 17.7 Å². The van der Waals surface area contributed by atoms with Crippen LogP contribution in [0.4, 0.5) is 5.82 Å². The molecule has 148 valence electrons. The number of allylic oxidation sites excluding steroid dienone is 2. The lowest BCUT2D eigenvalue weighted by molar-refractivity contribution is 0.0985. The standard InChI is InChI=1S/C21H32N4O2/c1-7-14(2)17(8-9-22-5)21(23-6)20-16(4)18(26)12-19(24-20)25-10-11-27-13-15(25)3/h8-9,12,14-15H,7,10-11,13H2,1-6H3,(H,24,26)/b17-8+,22-9-,23-21-/t14?,15-/m1/s1. The number of morpholine rings is 1. The maximum Gasteiger partial charge on any atom is 0.133 e. The van der Waals surface area contributed by atoms with Gasteiger partial charge in [-0.1, -0.05) is 13.8 Å². The van der Waals surface area contributed by atoms with Crippen molar-refractivity contribution in [2.24, 2.45) is 15.9 Å². The molecule has 1 aromatic heterocycles. The van der Waals surface area contributed by atoms with Gasteiger partial charge in [0.1, 0.15) is 11.6 Å². The van der Waals surface area contributed by atoms with Crippen molar-refractivity contribution in [3.05, 3.63) is 29.0 Å². The molecule has 6 nitrogen and oxygen atoms in total. The summed E-state index contributed by atoms with van der Waals surface area (Å²) in [7, 11) is 3.53. The molecule has 1 unspecified atom stereocenters. The zero-order chi connectivity index (χ0) is 20.0. The van der Waals surface area contributed by atoms with Gasteiger partial charge < -0.3 is 14.7 Å². The van der Waals surface area contributed by atoms with E-state index < -0.39 is 0 Å². The highest BCUT2D eigenvalue weighted by Gasteiger charge is 2.25. The van der Waals surface area contributed by atoms with Crippen LogP contribution in [-0.2, 0) is 4.74 Å².